The van der Waals surface area contributed by atoms with Gasteiger partial charge in [-0.25, -0.2) is 4.79 Å². The average Bonchev–Trinajstić information content (AvgIpc) is 2.27. The molecule has 2 amide bonds. The van der Waals surface area contributed by atoms with Crippen LogP contribution in [0, 0.1) is 0 Å². The van der Waals surface area contributed by atoms with E-state index in [4.69, 9.17) is 8.22 Å². The highest BCUT2D eigenvalue weighted by molar-refractivity contribution is 5.88. The van der Waals surface area contributed by atoms with E-state index in [0.717, 1.165) is 0 Å². The summed E-state index contributed by atoms with van der Waals surface area (Å²) in [5, 5.41) is 2.59. The van der Waals surface area contributed by atoms with E-state index in [2.05, 4.69) is 5.32 Å². The molecule has 0 aliphatic carbocycles. The van der Waals surface area contributed by atoms with Crippen molar-refractivity contribution in [1.29, 1.82) is 0 Å². The molecule has 0 aliphatic heterocycles. The lowest BCUT2D eigenvalue weighted by atomic mass is 10.0. The number of amides is 2. The SMILES string of the molecule is [2H]C([2H])([2H])C(c1ccc(NC(=O)N(C)C)cc1)C([2H])([2H])[2H]. The number of nitrogens with one attached hydrogen (secondary N) is 1. The summed E-state index contributed by atoms with van der Waals surface area (Å²) in [6.45, 7) is -5.25. The molecule has 0 aliphatic rings. The minimum atomic E-state index is -2.63. The molecule has 0 heterocycles. The first-order valence-electron chi connectivity index (χ1n) is 7.51. The van der Waals surface area contributed by atoms with E-state index in [1.54, 1.807) is 14.1 Å². The molecule has 0 saturated heterocycles. The lowest BCUT2D eigenvalue weighted by Gasteiger charge is -2.12. The van der Waals surface area contributed by atoms with E-state index in [9.17, 15) is 4.79 Å². The largest absolute Gasteiger partial charge is 0.331 e. The van der Waals surface area contributed by atoms with Crippen LogP contribution in [-0.4, -0.2) is 25.0 Å². The van der Waals surface area contributed by atoms with Crippen LogP contribution < -0.4 is 5.32 Å². The first-order chi connectivity index (χ1) is 9.43. The molecule has 1 N–H and O–H groups in total. The normalized spacial score (nSPS) is 17.8. The van der Waals surface area contributed by atoms with Gasteiger partial charge in [0.2, 0.25) is 0 Å². The fourth-order valence-corrected chi connectivity index (χ4v) is 0.994. The number of hydrogen-bond acceptors (Lipinski definition) is 1. The van der Waals surface area contributed by atoms with Gasteiger partial charge in [-0.3, -0.25) is 0 Å². The van der Waals surface area contributed by atoms with Gasteiger partial charge < -0.3 is 10.2 Å². The highest BCUT2D eigenvalue weighted by Crippen LogP contribution is 2.17. The van der Waals surface area contributed by atoms with Crippen LogP contribution in [0.3, 0.4) is 0 Å². The van der Waals surface area contributed by atoms with Gasteiger partial charge in [0.25, 0.3) is 0 Å². The summed E-state index contributed by atoms with van der Waals surface area (Å²) in [4.78, 5) is 12.8. The zero-order valence-corrected chi connectivity index (χ0v) is 8.74. The topological polar surface area (TPSA) is 32.3 Å². The summed E-state index contributed by atoms with van der Waals surface area (Å²) in [7, 11) is 3.17. The van der Waals surface area contributed by atoms with Gasteiger partial charge in [0.05, 0.1) is 0 Å². The zero-order chi connectivity index (χ0) is 16.4. The van der Waals surface area contributed by atoms with Crippen LogP contribution in [0.25, 0.3) is 0 Å². The Balaban J connectivity index is 3.02. The summed E-state index contributed by atoms with van der Waals surface area (Å²) in [6.07, 6.45) is 0. The zero-order valence-electron chi connectivity index (χ0n) is 14.7. The lowest BCUT2D eigenvalue weighted by molar-refractivity contribution is 0.230. The number of urea groups is 1. The fourth-order valence-electron chi connectivity index (χ4n) is 0.994. The van der Waals surface area contributed by atoms with E-state index in [-0.39, 0.29) is 11.6 Å². The predicted octanol–water partition coefficient (Wildman–Crippen LogP) is 2.90. The molecule has 1 rings (SSSR count). The second kappa shape index (κ2) is 4.82. The number of carbonyl (C=O) groups is 1. The fraction of sp³-hybridized carbons (Fsp3) is 0.417. The minimum Gasteiger partial charge on any atom is -0.331 e. The highest BCUT2D eigenvalue weighted by atomic mass is 16.2. The first kappa shape index (κ1) is 5.54. The molecule has 0 aromatic heterocycles. The van der Waals surface area contributed by atoms with Gasteiger partial charge in [-0.2, -0.15) is 0 Å². The molecule has 1 aromatic carbocycles. The Hall–Kier alpha value is -1.51. The molecule has 3 heteroatoms. The Labute approximate surface area is 99.5 Å². The molecule has 0 radical (unpaired) electrons. The van der Waals surface area contributed by atoms with Crippen molar-refractivity contribution in [2.75, 3.05) is 19.4 Å². The van der Waals surface area contributed by atoms with E-state index in [1.165, 1.54) is 29.2 Å². The minimum absolute atomic E-state index is 0.192. The van der Waals surface area contributed by atoms with Crippen LogP contribution in [0.1, 0.15) is 33.4 Å². The number of nitrogens with zero attached hydrogens (tertiary/aromatic N) is 1. The van der Waals surface area contributed by atoms with E-state index >= 15 is 0 Å². The van der Waals surface area contributed by atoms with E-state index < -0.39 is 19.6 Å². The summed E-state index contributed by atoms with van der Waals surface area (Å²) >= 11 is 0. The monoisotopic (exact) mass is 212 g/mol. The second-order valence-corrected chi connectivity index (χ2v) is 3.38. The third-order valence-electron chi connectivity index (χ3n) is 1.90. The maximum absolute atomic E-state index is 11.5. The van der Waals surface area contributed by atoms with Crippen molar-refractivity contribution in [3.05, 3.63) is 29.8 Å². The standard InChI is InChI=1S/C12H18N2O/c1-9(2)10-5-7-11(8-6-10)13-12(15)14(3)4/h5-9H,1-4H3,(H,13,15)/i1D3,2D3. The Morgan fingerprint density at radius 3 is 2.40 bits per heavy atom. The maximum Gasteiger partial charge on any atom is 0.321 e. The van der Waals surface area contributed by atoms with Crippen LogP contribution in [0.5, 0.6) is 0 Å². The van der Waals surface area contributed by atoms with Crippen molar-refractivity contribution in [3.8, 4) is 0 Å². The molecule has 1 aromatic rings. The number of benzene rings is 1. The van der Waals surface area contributed by atoms with Crippen molar-refractivity contribution < 1.29 is 13.0 Å². The van der Waals surface area contributed by atoms with E-state index in [1.807, 2.05) is 0 Å². The van der Waals surface area contributed by atoms with Crippen molar-refractivity contribution in [1.82, 2.24) is 4.90 Å². The van der Waals surface area contributed by atoms with Gasteiger partial charge in [-0.15, -0.1) is 0 Å². The summed E-state index contributed by atoms with van der Waals surface area (Å²) in [5.74, 6) is -1.55. The summed E-state index contributed by atoms with van der Waals surface area (Å²) in [5.41, 5.74) is 0.658. The molecule has 0 unspecified atom stereocenters. The molecule has 15 heavy (non-hydrogen) atoms. The Kier molecular flexibility index (Phi) is 1.78. The maximum atomic E-state index is 11.5. The van der Waals surface area contributed by atoms with Gasteiger partial charge in [0, 0.05) is 28.0 Å². The molecule has 0 bridgehead atoms. The van der Waals surface area contributed by atoms with Crippen LogP contribution in [-0.2, 0) is 0 Å². The lowest BCUT2D eigenvalue weighted by Crippen LogP contribution is -2.27. The van der Waals surface area contributed by atoms with Crippen molar-refractivity contribution >= 4 is 11.7 Å². The van der Waals surface area contributed by atoms with Gasteiger partial charge in [-0.1, -0.05) is 25.8 Å². The molecule has 0 atom stereocenters. The number of anilines is 1. The van der Waals surface area contributed by atoms with Crippen LogP contribution in [0.15, 0.2) is 24.3 Å². The molecule has 0 fully saturated rings. The van der Waals surface area contributed by atoms with Crippen LogP contribution in [0.2, 0.25) is 0 Å². The van der Waals surface area contributed by atoms with Gasteiger partial charge in [-0.05, 0) is 23.6 Å². The molecular formula is C12H18N2O. The summed E-state index contributed by atoms with van der Waals surface area (Å²) in [6, 6.07) is 5.47. The van der Waals surface area contributed by atoms with Gasteiger partial charge >= 0.3 is 6.03 Å². The van der Waals surface area contributed by atoms with Gasteiger partial charge in [0.15, 0.2) is 0 Å². The predicted molar refractivity (Wildman–Crippen MR) is 63.2 cm³/mol. The quantitative estimate of drug-likeness (QED) is 0.803. The van der Waals surface area contributed by atoms with Crippen molar-refractivity contribution in [2.45, 2.75) is 19.6 Å². The van der Waals surface area contributed by atoms with Crippen LogP contribution >= 0.6 is 0 Å². The number of hydrogen-bond donors (Lipinski definition) is 1. The molecule has 82 valence electrons. The second-order valence-electron chi connectivity index (χ2n) is 3.38. The number of rotatable bonds is 2. The smallest absolute Gasteiger partial charge is 0.321 e. The molecular weight excluding hydrogens is 188 g/mol. The average molecular weight is 212 g/mol. The third-order valence-corrected chi connectivity index (χ3v) is 1.90. The van der Waals surface area contributed by atoms with Crippen molar-refractivity contribution in [3.63, 3.8) is 0 Å². The van der Waals surface area contributed by atoms with Crippen LogP contribution in [0.4, 0.5) is 10.5 Å². The third kappa shape index (κ3) is 3.27. The molecule has 0 saturated carbocycles. The Morgan fingerprint density at radius 1 is 1.33 bits per heavy atom. The Morgan fingerprint density at radius 2 is 1.93 bits per heavy atom. The summed E-state index contributed by atoms with van der Waals surface area (Å²) < 4.78 is 44.4. The van der Waals surface area contributed by atoms with Crippen molar-refractivity contribution in [2.24, 2.45) is 0 Å². The first-order valence-corrected chi connectivity index (χ1v) is 4.51. The Bertz CT molecular complexity index is 478. The number of carbonyl (C=O) groups excluding carboxylic acids is 1. The molecule has 3 nitrogen and oxygen atoms in total. The molecule has 0 spiro atoms. The highest BCUT2D eigenvalue weighted by Gasteiger charge is 2.04. The van der Waals surface area contributed by atoms with E-state index in [0.29, 0.717) is 5.69 Å². The van der Waals surface area contributed by atoms with Gasteiger partial charge in [0.1, 0.15) is 0 Å².